The molecule has 106 valence electrons. The van der Waals surface area contributed by atoms with Crippen LogP contribution >= 0.6 is 0 Å². The number of carbonyl (C=O) groups excluding carboxylic acids is 2. The van der Waals surface area contributed by atoms with Crippen LogP contribution in [0.3, 0.4) is 0 Å². The van der Waals surface area contributed by atoms with Gasteiger partial charge in [-0.05, 0) is 6.08 Å². The van der Waals surface area contributed by atoms with Crippen molar-refractivity contribution >= 4 is 17.9 Å². The molecule has 0 aromatic heterocycles. The van der Waals surface area contributed by atoms with E-state index in [-0.39, 0.29) is 12.3 Å². The van der Waals surface area contributed by atoms with Gasteiger partial charge in [-0.25, -0.2) is 0 Å². The molecule has 2 rings (SSSR count). The molecule has 0 atom stereocenters. The fraction of sp³-hybridized carbons (Fsp3) is 0.286. The molecule has 1 fully saturated rings. The Bertz CT molecular complexity index is 566. The smallest absolute Gasteiger partial charge is 0.254 e. The quantitative estimate of drug-likeness (QED) is 0.660. The van der Waals surface area contributed by atoms with Gasteiger partial charge >= 0.3 is 0 Å². The summed E-state index contributed by atoms with van der Waals surface area (Å²) >= 11 is 0. The molecule has 1 N–H and O–H groups in total. The van der Waals surface area contributed by atoms with Gasteiger partial charge in [0.05, 0.1) is 33.3 Å². The monoisotopic (exact) mass is 277 g/mol. The lowest BCUT2D eigenvalue weighted by Crippen LogP contribution is -2.19. The number of amides is 2. The number of imide groups is 1. The Kier molecular flexibility index (Phi) is 3.93. The van der Waals surface area contributed by atoms with E-state index >= 15 is 0 Å². The van der Waals surface area contributed by atoms with Gasteiger partial charge in [-0.2, -0.15) is 0 Å². The lowest BCUT2D eigenvalue weighted by atomic mass is 10.1. The predicted molar refractivity (Wildman–Crippen MR) is 71.8 cm³/mol. The fourth-order valence-electron chi connectivity index (χ4n) is 1.97. The first kappa shape index (κ1) is 13.9. The summed E-state index contributed by atoms with van der Waals surface area (Å²) in [6, 6.07) is 3.37. The van der Waals surface area contributed by atoms with Crippen LogP contribution in [0.1, 0.15) is 12.0 Å². The van der Waals surface area contributed by atoms with Crippen molar-refractivity contribution in [1.82, 2.24) is 5.32 Å². The van der Waals surface area contributed by atoms with E-state index in [1.54, 1.807) is 18.2 Å². The summed E-state index contributed by atoms with van der Waals surface area (Å²) in [4.78, 5) is 22.8. The van der Waals surface area contributed by atoms with Crippen molar-refractivity contribution in [1.29, 1.82) is 0 Å². The van der Waals surface area contributed by atoms with Crippen LogP contribution < -0.4 is 19.5 Å². The minimum absolute atomic E-state index is 0.0527. The van der Waals surface area contributed by atoms with Crippen molar-refractivity contribution in [3.05, 3.63) is 23.3 Å². The van der Waals surface area contributed by atoms with Crippen molar-refractivity contribution in [3.63, 3.8) is 0 Å². The lowest BCUT2D eigenvalue weighted by Gasteiger charge is -2.12. The van der Waals surface area contributed by atoms with Crippen LogP contribution in [0.4, 0.5) is 0 Å². The van der Waals surface area contributed by atoms with E-state index in [1.165, 1.54) is 21.3 Å². The first-order valence-electron chi connectivity index (χ1n) is 5.93. The number of carbonyl (C=O) groups is 2. The van der Waals surface area contributed by atoms with Gasteiger partial charge in [0.15, 0.2) is 0 Å². The van der Waals surface area contributed by atoms with Crippen LogP contribution in [-0.2, 0) is 9.59 Å². The number of methoxy groups -OCH3 is 3. The third-order valence-electron chi connectivity index (χ3n) is 2.97. The summed E-state index contributed by atoms with van der Waals surface area (Å²) in [7, 11) is 4.56. The molecule has 1 saturated heterocycles. The molecule has 6 heteroatoms. The van der Waals surface area contributed by atoms with Crippen molar-refractivity contribution < 1.29 is 23.8 Å². The van der Waals surface area contributed by atoms with Gasteiger partial charge in [0.2, 0.25) is 5.91 Å². The second-order valence-corrected chi connectivity index (χ2v) is 4.17. The molecule has 1 heterocycles. The number of hydrogen-bond acceptors (Lipinski definition) is 5. The third kappa shape index (κ3) is 2.59. The zero-order valence-electron chi connectivity index (χ0n) is 11.5. The van der Waals surface area contributed by atoms with Gasteiger partial charge < -0.3 is 14.2 Å². The maximum absolute atomic E-state index is 11.6. The van der Waals surface area contributed by atoms with Crippen LogP contribution in [0.2, 0.25) is 0 Å². The zero-order chi connectivity index (χ0) is 14.7. The largest absolute Gasteiger partial charge is 0.496 e. The molecule has 0 saturated carbocycles. The average Bonchev–Trinajstić information content (AvgIpc) is 2.76. The maximum Gasteiger partial charge on any atom is 0.254 e. The van der Waals surface area contributed by atoms with Gasteiger partial charge in [-0.3, -0.25) is 14.9 Å². The highest BCUT2D eigenvalue weighted by Gasteiger charge is 2.25. The number of hydrogen-bond donors (Lipinski definition) is 1. The Labute approximate surface area is 116 Å². The van der Waals surface area contributed by atoms with Crippen LogP contribution in [0, 0.1) is 0 Å². The Morgan fingerprint density at radius 3 is 2.05 bits per heavy atom. The first-order chi connectivity index (χ1) is 9.58. The molecule has 0 unspecified atom stereocenters. The maximum atomic E-state index is 11.6. The Morgan fingerprint density at radius 2 is 1.65 bits per heavy atom. The molecule has 1 aliphatic heterocycles. The normalized spacial score (nSPS) is 16.2. The molecular weight excluding hydrogens is 262 g/mol. The number of benzene rings is 1. The molecule has 1 aromatic carbocycles. The summed E-state index contributed by atoms with van der Waals surface area (Å²) in [5.41, 5.74) is 0.965. The molecule has 1 aliphatic rings. The summed E-state index contributed by atoms with van der Waals surface area (Å²) in [5, 5.41) is 2.23. The molecular formula is C14H15NO5. The van der Waals surface area contributed by atoms with E-state index in [1.807, 2.05) is 0 Å². The second-order valence-electron chi connectivity index (χ2n) is 4.17. The SMILES string of the molecule is COc1cc(OC)c(C=C2CC(=O)NC2=O)c(OC)c1. The van der Waals surface area contributed by atoms with Gasteiger partial charge in [-0.1, -0.05) is 0 Å². The van der Waals surface area contributed by atoms with E-state index in [0.717, 1.165) is 0 Å². The zero-order valence-corrected chi connectivity index (χ0v) is 11.5. The molecule has 0 spiro atoms. The van der Waals surface area contributed by atoms with Crippen molar-refractivity contribution in [2.45, 2.75) is 6.42 Å². The predicted octanol–water partition coefficient (Wildman–Crippen LogP) is 1.14. The third-order valence-corrected chi connectivity index (χ3v) is 2.97. The van der Waals surface area contributed by atoms with E-state index in [2.05, 4.69) is 5.32 Å². The van der Waals surface area contributed by atoms with Gasteiger partial charge in [-0.15, -0.1) is 0 Å². The number of rotatable bonds is 4. The highest BCUT2D eigenvalue weighted by Crippen LogP contribution is 2.36. The van der Waals surface area contributed by atoms with E-state index in [4.69, 9.17) is 14.2 Å². The minimum atomic E-state index is -0.394. The van der Waals surface area contributed by atoms with Crippen LogP contribution in [0.5, 0.6) is 17.2 Å². The van der Waals surface area contributed by atoms with Crippen LogP contribution in [-0.4, -0.2) is 33.1 Å². The van der Waals surface area contributed by atoms with Crippen molar-refractivity contribution in [2.24, 2.45) is 0 Å². The molecule has 1 aromatic rings. The Hall–Kier alpha value is -2.50. The van der Waals surface area contributed by atoms with E-state index in [0.29, 0.717) is 28.4 Å². The van der Waals surface area contributed by atoms with Crippen LogP contribution in [0.15, 0.2) is 17.7 Å². The molecule has 6 nitrogen and oxygen atoms in total. The average molecular weight is 277 g/mol. The standard InChI is InChI=1S/C14H15NO5/c1-18-9-6-11(19-2)10(12(7-9)20-3)4-8-5-13(16)15-14(8)17/h4,6-7H,5H2,1-3H3,(H,15,16,17). The van der Waals surface area contributed by atoms with Crippen LogP contribution in [0.25, 0.3) is 6.08 Å². The first-order valence-corrected chi connectivity index (χ1v) is 5.93. The second kappa shape index (κ2) is 5.64. The van der Waals surface area contributed by atoms with Crippen molar-refractivity contribution in [2.75, 3.05) is 21.3 Å². The Morgan fingerprint density at radius 1 is 1.05 bits per heavy atom. The van der Waals surface area contributed by atoms with Gasteiger partial charge in [0, 0.05) is 17.7 Å². The summed E-state index contributed by atoms with van der Waals surface area (Å²) < 4.78 is 15.7. The minimum Gasteiger partial charge on any atom is -0.496 e. The number of nitrogens with one attached hydrogen (secondary N) is 1. The lowest BCUT2D eigenvalue weighted by molar-refractivity contribution is -0.124. The van der Waals surface area contributed by atoms with E-state index < -0.39 is 5.91 Å². The Balaban J connectivity index is 2.52. The van der Waals surface area contributed by atoms with Gasteiger partial charge in [0.1, 0.15) is 17.2 Å². The van der Waals surface area contributed by atoms with E-state index in [9.17, 15) is 9.59 Å². The molecule has 0 aliphatic carbocycles. The topological polar surface area (TPSA) is 73.9 Å². The fourth-order valence-corrected chi connectivity index (χ4v) is 1.97. The molecule has 20 heavy (non-hydrogen) atoms. The highest BCUT2D eigenvalue weighted by molar-refractivity contribution is 6.15. The summed E-state index contributed by atoms with van der Waals surface area (Å²) in [6.45, 7) is 0. The van der Waals surface area contributed by atoms with Gasteiger partial charge in [0.25, 0.3) is 5.91 Å². The molecule has 0 radical (unpaired) electrons. The molecule has 2 amide bonds. The van der Waals surface area contributed by atoms with Crippen molar-refractivity contribution in [3.8, 4) is 17.2 Å². The highest BCUT2D eigenvalue weighted by atomic mass is 16.5. The number of ether oxygens (including phenoxy) is 3. The molecule has 0 bridgehead atoms. The summed E-state index contributed by atoms with van der Waals surface area (Å²) in [5.74, 6) is 0.872. The summed E-state index contributed by atoms with van der Waals surface area (Å²) in [6.07, 6.45) is 1.65.